The normalized spacial score (nSPS) is 11.2. The van der Waals surface area contributed by atoms with Gasteiger partial charge in [0.1, 0.15) is 12.4 Å². The van der Waals surface area contributed by atoms with Gasteiger partial charge in [0.25, 0.3) is 0 Å². The van der Waals surface area contributed by atoms with E-state index in [1.54, 1.807) is 35.2 Å². The van der Waals surface area contributed by atoms with Crippen LogP contribution in [0.5, 0.6) is 5.75 Å². The van der Waals surface area contributed by atoms with Crippen LogP contribution in [0.1, 0.15) is 28.1 Å². The van der Waals surface area contributed by atoms with Crippen LogP contribution in [-0.4, -0.2) is 21.1 Å². The summed E-state index contributed by atoms with van der Waals surface area (Å²) in [5.41, 5.74) is 4.64. The average molecular weight is 387 g/mol. The Morgan fingerprint density at radius 3 is 2.50 bits per heavy atom. The summed E-state index contributed by atoms with van der Waals surface area (Å²) < 4.78 is 7.72. The van der Waals surface area contributed by atoms with Crippen molar-refractivity contribution in [2.24, 2.45) is 5.10 Å². The van der Waals surface area contributed by atoms with E-state index >= 15 is 0 Å². The molecule has 5 nitrogen and oxygen atoms in total. The van der Waals surface area contributed by atoms with Gasteiger partial charge in [0, 0.05) is 10.6 Å². The lowest BCUT2D eigenvalue weighted by molar-refractivity contribution is 0.290. The molecule has 0 unspecified atom stereocenters. The monoisotopic (exact) mass is 386 g/mol. The number of aryl methyl sites for hydroxylation is 3. The Balaban J connectivity index is 1.82. The third-order valence-electron chi connectivity index (χ3n) is 3.94. The third kappa shape index (κ3) is 4.20. The summed E-state index contributed by atoms with van der Waals surface area (Å²) in [4.78, 5) is 0. The van der Waals surface area contributed by atoms with E-state index in [0.29, 0.717) is 21.4 Å². The van der Waals surface area contributed by atoms with E-state index in [4.69, 9.17) is 28.6 Å². The van der Waals surface area contributed by atoms with E-state index < -0.39 is 0 Å². The van der Waals surface area contributed by atoms with Crippen LogP contribution < -0.4 is 4.74 Å². The van der Waals surface area contributed by atoms with Gasteiger partial charge < -0.3 is 4.74 Å². The van der Waals surface area contributed by atoms with Crippen molar-refractivity contribution in [3.8, 4) is 5.75 Å². The van der Waals surface area contributed by atoms with Crippen molar-refractivity contribution in [2.45, 2.75) is 27.4 Å². The molecule has 1 aromatic heterocycles. The molecule has 0 aliphatic heterocycles. The standard InChI is InChI=1S/C19H19ClN4OS/c1-12-8-13(2)17(14(3)9-12)10-21-24-18(22-23-19(24)26)11-25-16-6-4-15(20)5-7-16/h4-10H,11H2,1-3H3,(H,23,26)/b21-10-. The summed E-state index contributed by atoms with van der Waals surface area (Å²) in [6, 6.07) is 11.4. The van der Waals surface area contributed by atoms with Gasteiger partial charge in [-0.3, -0.25) is 0 Å². The first kappa shape index (κ1) is 18.4. The maximum Gasteiger partial charge on any atom is 0.216 e. The summed E-state index contributed by atoms with van der Waals surface area (Å²) in [6.45, 7) is 6.46. The van der Waals surface area contributed by atoms with Crippen molar-refractivity contribution in [3.05, 3.63) is 74.3 Å². The number of benzene rings is 2. The number of halogens is 1. The van der Waals surface area contributed by atoms with Gasteiger partial charge >= 0.3 is 0 Å². The van der Waals surface area contributed by atoms with Crippen LogP contribution >= 0.6 is 23.8 Å². The fourth-order valence-electron chi connectivity index (χ4n) is 2.73. The number of ether oxygens (including phenoxy) is 1. The second kappa shape index (κ2) is 7.85. The number of hydrogen-bond acceptors (Lipinski definition) is 4. The first-order valence-electron chi connectivity index (χ1n) is 8.11. The quantitative estimate of drug-likeness (QED) is 0.497. The minimum absolute atomic E-state index is 0.234. The van der Waals surface area contributed by atoms with Crippen LogP contribution in [0.15, 0.2) is 41.5 Å². The van der Waals surface area contributed by atoms with Crippen LogP contribution in [0.25, 0.3) is 0 Å². The Morgan fingerprint density at radius 2 is 1.85 bits per heavy atom. The van der Waals surface area contributed by atoms with Crippen molar-refractivity contribution in [2.75, 3.05) is 0 Å². The Hall–Kier alpha value is -2.44. The number of H-pyrrole nitrogens is 1. The van der Waals surface area contributed by atoms with Crippen LogP contribution in [-0.2, 0) is 6.61 Å². The van der Waals surface area contributed by atoms with Crippen molar-refractivity contribution in [3.63, 3.8) is 0 Å². The average Bonchev–Trinajstić information content (AvgIpc) is 2.93. The number of hydrogen-bond donors (Lipinski definition) is 1. The summed E-state index contributed by atoms with van der Waals surface area (Å²) in [5, 5.41) is 12.1. The summed E-state index contributed by atoms with van der Waals surface area (Å²) in [7, 11) is 0. The van der Waals surface area contributed by atoms with Gasteiger partial charge in [-0.25, -0.2) is 5.10 Å². The molecule has 7 heteroatoms. The molecule has 0 atom stereocenters. The highest BCUT2D eigenvalue weighted by molar-refractivity contribution is 7.71. The van der Waals surface area contributed by atoms with E-state index in [1.165, 1.54) is 16.7 Å². The zero-order chi connectivity index (χ0) is 18.7. The molecular formula is C19H19ClN4OS. The highest BCUT2D eigenvalue weighted by atomic mass is 35.5. The summed E-state index contributed by atoms with van der Waals surface area (Å²) >= 11 is 11.2. The van der Waals surface area contributed by atoms with Gasteiger partial charge in [0.05, 0.1) is 6.21 Å². The molecule has 0 fully saturated rings. The lowest BCUT2D eigenvalue weighted by Crippen LogP contribution is -2.05. The maximum atomic E-state index is 5.88. The lowest BCUT2D eigenvalue weighted by atomic mass is 10.0. The van der Waals surface area contributed by atoms with E-state index in [2.05, 4.69) is 48.2 Å². The van der Waals surface area contributed by atoms with Crippen LogP contribution in [0, 0.1) is 25.5 Å². The highest BCUT2D eigenvalue weighted by Gasteiger charge is 2.07. The van der Waals surface area contributed by atoms with E-state index in [0.717, 1.165) is 5.56 Å². The van der Waals surface area contributed by atoms with Gasteiger partial charge in [-0.1, -0.05) is 29.3 Å². The molecule has 1 heterocycles. The molecule has 1 N–H and O–H groups in total. The Labute approximate surface area is 162 Å². The SMILES string of the molecule is Cc1cc(C)c(/C=N\n2c(COc3ccc(Cl)cc3)n[nH]c2=S)c(C)c1. The first-order chi connectivity index (χ1) is 12.4. The largest absolute Gasteiger partial charge is 0.486 e. The number of aromatic amines is 1. The van der Waals surface area contributed by atoms with Gasteiger partial charge in [-0.15, -0.1) is 0 Å². The molecular weight excluding hydrogens is 368 g/mol. The fraction of sp³-hybridized carbons (Fsp3) is 0.211. The number of aromatic nitrogens is 3. The molecule has 0 bridgehead atoms. The smallest absolute Gasteiger partial charge is 0.216 e. The lowest BCUT2D eigenvalue weighted by Gasteiger charge is -2.07. The highest BCUT2D eigenvalue weighted by Crippen LogP contribution is 2.17. The molecule has 26 heavy (non-hydrogen) atoms. The minimum Gasteiger partial charge on any atom is -0.486 e. The van der Waals surface area contributed by atoms with Crippen molar-refractivity contribution < 1.29 is 4.74 Å². The molecule has 0 saturated carbocycles. The zero-order valence-corrected chi connectivity index (χ0v) is 16.4. The molecule has 0 aliphatic rings. The molecule has 0 spiro atoms. The topological polar surface area (TPSA) is 55.2 Å². The first-order valence-corrected chi connectivity index (χ1v) is 8.89. The second-order valence-corrected chi connectivity index (χ2v) is 6.88. The molecule has 3 aromatic rings. The van der Waals surface area contributed by atoms with Crippen molar-refractivity contribution >= 4 is 30.0 Å². The van der Waals surface area contributed by atoms with Crippen LogP contribution in [0.4, 0.5) is 0 Å². The number of nitrogens with zero attached hydrogens (tertiary/aromatic N) is 3. The Bertz CT molecular complexity index is 982. The van der Waals surface area contributed by atoms with E-state index in [1.807, 2.05) is 0 Å². The summed E-state index contributed by atoms with van der Waals surface area (Å²) in [6.07, 6.45) is 1.81. The van der Waals surface area contributed by atoms with Gasteiger partial charge in [0.2, 0.25) is 4.77 Å². The van der Waals surface area contributed by atoms with Crippen LogP contribution in [0.2, 0.25) is 5.02 Å². The molecule has 134 valence electrons. The maximum absolute atomic E-state index is 5.88. The Morgan fingerprint density at radius 1 is 1.19 bits per heavy atom. The van der Waals surface area contributed by atoms with Crippen molar-refractivity contribution in [1.29, 1.82) is 0 Å². The second-order valence-electron chi connectivity index (χ2n) is 6.06. The minimum atomic E-state index is 0.234. The third-order valence-corrected chi connectivity index (χ3v) is 4.46. The fourth-order valence-corrected chi connectivity index (χ4v) is 3.05. The molecule has 0 aliphatic carbocycles. The molecule has 0 amide bonds. The van der Waals surface area contributed by atoms with E-state index in [9.17, 15) is 0 Å². The molecule has 3 rings (SSSR count). The zero-order valence-electron chi connectivity index (χ0n) is 14.8. The van der Waals surface area contributed by atoms with Gasteiger partial charge in [-0.05, 0) is 68.4 Å². The van der Waals surface area contributed by atoms with E-state index in [-0.39, 0.29) is 6.61 Å². The summed E-state index contributed by atoms with van der Waals surface area (Å²) in [5.74, 6) is 1.28. The van der Waals surface area contributed by atoms with Crippen LogP contribution in [0.3, 0.4) is 0 Å². The number of nitrogens with one attached hydrogen (secondary N) is 1. The molecule has 0 radical (unpaired) electrons. The number of rotatable bonds is 5. The van der Waals surface area contributed by atoms with Crippen molar-refractivity contribution in [1.82, 2.24) is 14.9 Å². The Kier molecular flexibility index (Phi) is 5.54. The predicted molar refractivity (Wildman–Crippen MR) is 107 cm³/mol. The molecule has 0 saturated heterocycles. The van der Waals surface area contributed by atoms with Gasteiger partial charge in [-0.2, -0.15) is 14.9 Å². The molecule has 2 aromatic carbocycles. The van der Waals surface area contributed by atoms with Gasteiger partial charge in [0.15, 0.2) is 5.82 Å². The predicted octanol–water partition coefficient (Wildman–Crippen LogP) is 4.98.